The molecule has 148 valence electrons. The van der Waals surface area contributed by atoms with Crippen molar-refractivity contribution in [2.75, 3.05) is 18.8 Å². The summed E-state index contributed by atoms with van der Waals surface area (Å²) in [5.74, 6) is 0. The first-order valence-electron chi connectivity index (χ1n) is 8.25. The summed E-state index contributed by atoms with van der Waals surface area (Å²) in [6.45, 7) is 0.605. The summed E-state index contributed by atoms with van der Waals surface area (Å²) in [6.07, 6.45) is 0. The van der Waals surface area contributed by atoms with E-state index in [0.717, 1.165) is 17.1 Å². The molecule has 0 saturated carbocycles. The number of nitrogens with one attached hydrogen (secondary N) is 1. The number of pyridine rings is 1. The normalized spacial score (nSPS) is 12.4. The van der Waals surface area contributed by atoms with Crippen molar-refractivity contribution in [3.63, 3.8) is 0 Å². The molecule has 0 bridgehead atoms. The molecule has 3 rings (SSSR count). The second kappa shape index (κ2) is 7.47. The van der Waals surface area contributed by atoms with Crippen LogP contribution in [0, 0.1) is 0 Å². The van der Waals surface area contributed by atoms with Gasteiger partial charge in [-0.2, -0.15) is 0 Å². The van der Waals surface area contributed by atoms with Crippen molar-refractivity contribution in [1.29, 1.82) is 0 Å². The Kier molecular flexibility index (Phi) is 5.39. The molecular formula is C18H20N4O4S2. The molecule has 1 aromatic heterocycles. The molecular weight excluding hydrogens is 400 g/mol. The van der Waals surface area contributed by atoms with Crippen LogP contribution in [0.1, 0.15) is 5.69 Å². The zero-order valence-electron chi connectivity index (χ0n) is 15.3. The average molecular weight is 421 g/mol. The molecule has 1 heterocycles. The van der Waals surface area contributed by atoms with Crippen LogP contribution in [-0.2, 0) is 26.6 Å². The molecule has 0 saturated heterocycles. The number of nitrogens with two attached hydrogens (primary N) is 1. The van der Waals surface area contributed by atoms with E-state index in [1.165, 1.54) is 18.2 Å². The molecule has 0 amide bonds. The van der Waals surface area contributed by atoms with E-state index < -0.39 is 20.0 Å². The maximum Gasteiger partial charge on any atom is 0.262 e. The second-order valence-electron chi connectivity index (χ2n) is 6.54. The van der Waals surface area contributed by atoms with Crippen molar-refractivity contribution >= 4 is 36.6 Å². The van der Waals surface area contributed by atoms with Gasteiger partial charge in [0.1, 0.15) is 0 Å². The molecule has 0 spiro atoms. The molecule has 0 aliphatic rings. The fourth-order valence-corrected chi connectivity index (χ4v) is 4.45. The fraction of sp³-hybridized carbons (Fsp3) is 0.167. The minimum absolute atomic E-state index is 0.208. The number of para-hydroxylation sites is 1. The van der Waals surface area contributed by atoms with Gasteiger partial charge in [0.05, 0.1) is 26.7 Å². The van der Waals surface area contributed by atoms with E-state index >= 15 is 0 Å². The van der Waals surface area contributed by atoms with Crippen LogP contribution in [0.25, 0.3) is 10.9 Å². The predicted molar refractivity (Wildman–Crippen MR) is 108 cm³/mol. The number of hydrogen-bond donors (Lipinski definition) is 2. The molecule has 3 aromatic rings. The van der Waals surface area contributed by atoms with E-state index in [1.807, 2.05) is 37.2 Å². The van der Waals surface area contributed by atoms with Gasteiger partial charge < -0.3 is 4.90 Å². The van der Waals surface area contributed by atoms with E-state index in [9.17, 15) is 16.8 Å². The van der Waals surface area contributed by atoms with Gasteiger partial charge >= 0.3 is 0 Å². The van der Waals surface area contributed by atoms with Crippen molar-refractivity contribution in [3.8, 4) is 0 Å². The maximum atomic E-state index is 12.8. The number of hydrogen-bond acceptors (Lipinski definition) is 6. The standard InChI is InChI=1S/C18H20N4O4S2/c1-22(2)12-14-10-9-13-5-3-8-17(18(13)20-14)21-28(25,26)16-7-4-6-15(11-16)27(19,23)24/h3-11,21H,12H2,1-2H3,(H2,19,23,24). The van der Waals surface area contributed by atoms with Gasteiger partial charge in [0, 0.05) is 11.9 Å². The van der Waals surface area contributed by atoms with E-state index in [2.05, 4.69) is 9.71 Å². The van der Waals surface area contributed by atoms with Gasteiger partial charge in [-0.15, -0.1) is 0 Å². The zero-order chi connectivity index (χ0) is 20.5. The summed E-state index contributed by atoms with van der Waals surface area (Å²) >= 11 is 0. The molecule has 0 unspecified atom stereocenters. The van der Waals surface area contributed by atoms with E-state index in [0.29, 0.717) is 17.7 Å². The minimum atomic E-state index is -4.04. The Hall–Kier alpha value is -2.53. The first kappa shape index (κ1) is 20.2. The number of rotatable bonds is 6. The predicted octanol–water partition coefficient (Wildman–Crippen LogP) is 1.74. The molecule has 0 radical (unpaired) electrons. The SMILES string of the molecule is CN(C)Cc1ccc2cccc(NS(=O)(=O)c3cccc(S(N)(=O)=O)c3)c2n1. The van der Waals surface area contributed by atoms with E-state index in [1.54, 1.807) is 12.1 Å². The molecule has 10 heteroatoms. The quantitative estimate of drug-likeness (QED) is 0.626. The highest BCUT2D eigenvalue weighted by atomic mass is 32.2. The minimum Gasteiger partial charge on any atom is -0.304 e. The average Bonchev–Trinajstić information content (AvgIpc) is 2.61. The monoisotopic (exact) mass is 420 g/mol. The molecule has 2 aromatic carbocycles. The lowest BCUT2D eigenvalue weighted by atomic mass is 10.2. The number of fused-ring (bicyclic) bond motifs is 1. The highest BCUT2D eigenvalue weighted by Crippen LogP contribution is 2.25. The van der Waals surface area contributed by atoms with Crippen molar-refractivity contribution in [2.45, 2.75) is 16.3 Å². The molecule has 0 aliphatic heterocycles. The molecule has 8 nitrogen and oxygen atoms in total. The van der Waals surface area contributed by atoms with Crippen LogP contribution < -0.4 is 9.86 Å². The lowest BCUT2D eigenvalue weighted by Gasteiger charge is -2.13. The topological polar surface area (TPSA) is 122 Å². The van der Waals surface area contributed by atoms with Gasteiger partial charge in [0.25, 0.3) is 10.0 Å². The van der Waals surface area contributed by atoms with E-state index in [-0.39, 0.29) is 9.79 Å². The Labute approximate surface area is 164 Å². The van der Waals surface area contributed by atoms with Gasteiger partial charge in [0.2, 0.25) is 10.0 Å². The van der Waals surface area contributed by atoms with Crippen LogP contribution in [0.2, 0.25) is 0 Å². The molecule has 0 atom stereocenters. The van der Waals surface area contributed by atoms with Crippen molar-refractivity contribution in [3.05, 3.63) is 60.3 Å². The maximum absolute atomic E-state index is 12.8. The Bertz CT molecular complexity index is 1240. The van der Waals surface area contributed by atoms with Crippen LogP contribution in [-0.4, -0.2) is 40.8 Å². The molecule has 0 fully saturated rings. The second-order valence-corrected chi connectivity index (χ2v) is 9.79. The largest absolute Gasteiger partial charge is 0.304 e. The summed E-state index contributed by atoms with van der Waals surface area (Å²) < 4.78 is 51.1. The van der Waals surface area contributed by atoms with Crippen LogP contribution in [0.4, 0.5) is 5.69 Å². The van der Waals surface area contributed by atoms with Gasteiger partial charge in [-0.3, -0.25) is 4.72 Å². The summed E-state index contributed by atoms with van der Waals surface area (Å²) in [4.78, 5) is 6.04. The first-order chi connectivity index (χ1) is 13.1. The van der Waals surface area contributed by atoms with Gasteiger partial charge in [-0.1, -0.05) is 24.3 Å². The number of benzene rings is 2. The summed E-state index contributed by atoms with van der Waals surface area (Å²) in [5.41, 5.74) is 1.60. The Morgan fingerprint density at radius 1 is 0.964 bits per heavy atom. The number of anilines is 1. The van der Waals surface area contributed by atoms with Crippen molar-refractivity contribution in [1.82, 2.24) is 9.88 Å². The Morgan fingerprint density at radius 2 is 1.64 bits per heavy atom. The lowest BCUT2D eigenvalue weighted by molar-refractivity contribution is 0.397. The van der Waals surface area contributed by atoms with Gasteiger partial charge in [-0.25, -0.2) is 27.0 Å². The number of primary sulfonamides is 1. The third-order valence-corrected chi connectivity index (χ3v) is 6.22. The van der Waals surface area contributed by atoms with Crippen LogP contribution >= 0.6 is 0 Å². The molecule has 0 aliphatic carbocycles. The molecule has 28 heavy (non-hydrogen) atoms. The lowest BCUT2D eigenvalue weighted by Crippen LogP contribution is -2.16. The highest BCUT2D eigenvalue weighted by Gasteiger charge is 2.19. The fourth-order valence-electron chi connectivity index (χ4n) is 2.70. The highest BCUT2D eigenvalue weighted by molar-refractivity contribution is 7.93. The summed E-state index contributed by atoms with van der Waals surface area (Å²) in [6, 6.07) is 13.8. The summed E-state index contributed by atoms with van der Waals surface area (Å²) in [7, 11) is -4.23. The van der Waals surface area contributed by atoms with E-state index in [4.69, 9.17) is 5.14 Å². The number of sulfonamides is 2. The van der Waals surface area contributed by atoms with Crippen molar-refractivity contribution < 1.29 is 16.8 Å². The third kappa shape index (κ3) is 4.47. The zero-order valence-corrected chi connectivity index (χ0v) is 17.0. The Morgan fingerprint density at radius 3 is 2.32 bits per heavy atom. The van der Waals surface area contributed by atoms with Crippen LogP contribution in [0.15, 0.2) is 64.4 Å². The van der Waals surface area contributed by atoms with Gasteiger partial charge in [0.15, 0.2) is 0 Å². The third-order valence-electron chi connectivity index (χ3n) is 3.94. The Balaban J connectivity index is 2.04. The molecule has 3 N–H and O–H groups in total. The smallest absolute Gasteiger partial charge is 0.262 e. The van der Waals surface area contributed by atoms with Gasteiger partial charge in [-0.05, 0) is 44.4 Å². The first-order valence-corrected chi connectivity index (χ1v) is 11.3. The van der Waals surface area contributed by atoms with Crippen LogP contribution in [0.5, 0.6) is 0 Å². The van der Waals surface area contributed by atoms with Crippen molar-refractivity contribution in [2.24, 2.45) is 5.14 Å². The van der Waals surface area contributed by atoms with Crippen LogP contribution in [0.3, 0.4) is 0 Å². The number of aromatic nitrogens is 1. The number of nitrogens with zero attached hydrogens (tertiary/aromatic N) is 2. The summed E-state index contributed by atoms with van der Waals surface area (Å²) in [5, 5.41) is 5.87.